The monoisotopic (exact) mass is 460 g/mol. The fourth-order valence-corrected chi connectivity index (χ4v) is 2.88. The molecular formula is C17H25IN4OS. The number of thiazole rings is 1. The third kappa shape index (κ3) is 6.27. The van der Waals surface area contributed by atoms with Crippen molar-refractivity contribution in [2.24, 2.45) is 4.99 Å². The van der Waals surface area contributed by atoms with E-state index in [0.717, 1.165) is 40.9 Å². The quantitative estimate of drug-likeness (QED) is 0.395. The van der Waals surface area contributed by atoms with Crippen LogP contribution in [0, 0.1) is 13.8 Å². The van der Waals surface area contributed by atoms with Gasteiger partial charge in [-0.15, -0.1) is 35.3 Å². The van der Waals surface area contributed by atoms with Crippen LogP contribution in [0.25, 0.3) is 0 Å². The van der Waals surface area contributed by atoms with E-state index in [0.29, 0.717) is 6.54 Å². The maximum atomic E-state index is 5.43. The zero-order valence-corrected chi connectivity index (χ0v) is 17.7. The van der Waals surface area contributed by atoms with Crippen LogP contribution in [0.4, 0.5) is 0 Å². The normalized spacial score (nSPS) is 10.9. The maximum Gasteiger partial charge on any atom is 0.191 e. The molecule has 0 aliphatic carbocycles. The molecule has 1 aromatic carbocycles. The highest BCUT2D eigenvalue weighted by molar-refractivity contribution is 14.0. The van der Waals surface area contributed by atoms with Crippen LogP contribution in [-0.2, 0) is 13.0 Å². The number of aryl methyl sites for hydroxylation is 2. The Kier molecular flexibility index (Phi) is 9.05. The van der Waals surface area contributed by atoms with Crippen molar-refractivity contribution in [3.8, 4) is 5.75 Å². The standard InChI is InChI=1S/C17H24N4OS.HI/c1-12-5-6-14(16(9-12)22-4)10-20-17(18-3)19-8-7-15-11-23-13(2)21-15;/h5-6,9,11H,7-8,10H2,1-4H3,(H2,18,19,20);1H. The minimum atomic E-state index is 0. The van der Waals surface area contributed by atoms with Gasteiger partial charge in [0.1, 0.15) is 5.75 Å². The molecule has 1 heterocycles. The van der Waals surface area contributed by atoms with Gasteiger partial charge in [-0.05, 0) is 25.5 Å². The van der Waals surface area contributed by atoms with Gasteiger partial charge < -0.3 is 15.4 Å². The van der Waals surface area contributed by atoms with Gasteiger partial charge in [0.15, 0.2) is 5.96 Å². The third-order valence-electron chi connectivity index (χ3n) is 3.45. The van der Waals surface area contributed by atoms with E-state index in [1.54, 1.807) is 25.5 Å². The fourth-order valence-electron chi connectivity index (χ4n) is 2.23. The number of halogens is 1. The van der Waals surface area contributed by atoms with E-state index in [-0.39, 0.29) is 24.0 Å². The van der Waals surface area contributed by atoms with Crippen LogP contribution in [0.1, 0.15) is 21.8 Å². The second kappa shape index (κ2) is 10.5. The molecule has 2 aromatic rings. The van der Waals surface area contributed by atoms with Crippen LogP contribution < -0.4 is 15.4 Å². The van der Waals surface area contributed by atoms with Crippen molar-refractivity contribution in [2.45, 2.75) is 26.8 Å². The molecule has 0 amide bonds. The molecule has 0 atom stereocenters. The fraction of sp³-hybridized carbons (Fsp3) is 0.412. The summed E-state index contributed by atoms with van der Waals surface area (Å²) in [5.74, 6) is 1.67. The smallest absolute Gasteiger partial charge is 0.191 e. The molecule has 0 aliphatic heterocycles. The van der Waals surface area contributed by atoms with E-state index in [4.69, 9.17) is 4.74 Å². The van der Waals surface area contributed by atoms with Crippen molar-refractivity contribution in [2.75, 3.05) is 20.7 Å². The average Bonchev–Trinajstić information content (AvgIpc) is 2.96. The van der Waals surface area contributed by atoms with E-state index >= 15 is 0 Å². The highest BCUT2D eigenvalue weighted by Crippen LogP contribution is 2.19. The van der Waals surface area contributed by atoms with Crippen LogP contribution in [0.15, 0.2) is 28.6 Å². The van der Waals surface area contributed by atoms with Crippen LogP contribution in [-0.4, -0.2) is 31.6 Å². The van der Waals surface area contributed by atoms with E-state index in [1.165, 1.54) is 5.56 Å². The van der Waals surface area contributed by atoms with Gasteiger partial charge in [-0.2, -0.15) is 0 Å². The summed E-state index contributed by atoms with van der Waals surface area (Å²) >= 11 is 1.68. The molecule has 0 spiro atoms. The molecular weight excluding hydrogens is 435 g/mol. The maximum absolute atomic E-state index is 5.43. The van der Waals surface area contributed by atoms with E-state index < -0.39 is 0 Å². The van der Waals surface area contributed by atoms with Crippen molar-refractivity contribution in [1.82, 2.24) is 15.6 Å². The minimum Gasteiger partial charge on any atom is -0.496 e. The first-order valence-corrected chi connectivity index (χ1v) is 8.49. The first-order chi connectivity index (χ1) is 11.1. The molecule has 7 heteroatoms. The zero-order chi connectivity index (χ0) is 16.7. The average molecular weight is 460 g/mol. The van der Waals surface area contributed by atoms with Crippen molar-refractivity contribution < 1.29 is 4.74 Å². The van der Waals surface area contributed by atoms with Gasteiger partial charge in [0, 0.05) is 37.5 Å². The molecule has 132 valence electrons. The highest BCUT2D eigenvalue weighted by Gasteiger charge is 2.05. The summed E-state index contributed by atoms with van der Waals surface area (Å²) in [6.45, 7) is 5.55. The van der Waals surface area contributed by atoms with Gasteiger partial charge >= 0.3 is 0 Å². The number of ether oxygens (including phenoxy) is 1. The molecule has 0 radical (unpaired) electrons. The molecule has 2 rings (SSSR count). The minimum absolute atomic E-state index is 0. The number of hydrogen-bond donors (Lipinski definition) is 2. The van der Waals surface area contributed by atoms with Crippen molar-refractivity contribution in [3.63, 3.8) is 0 Å². The van der Waals surface area contributed by atoms with Crippen molar-refractivity contribution in [1.29, 1.82) is 0 Å². The predicted molar refractivity (Wildman–Crippen MR) is 112 cm³/mol. The highest BCUT2D eigenvalue weighted by atomic mass is 127. The van der Waals surface area contributed by atoms with Gasteiger partial charge in [-0.1, -0.05) is 12.1 Å². The van der Waals surface area contributed by atoms with Crippen LogP contribution >= 0.6 is 35.3 Å². The van der Waals surface area contributed by atoms with Gasteiger partial charge in [0.05, 0.1) is 17.8 Å². The van der Waals surface area contributed by atoms with Crippen molar-refractivity contribution in [3.05, 3.63) is 45.4 Å². The molecule has 24 heavy (non-hydrogen) atoms. The number of guanidine groups is 1. The molecule has 5 nitrogen and oxygen atoms in total. The van der Waals surface area contributed by atoms with Crippen LogP contribution in [0.3, 0.4) is 0 Å². The Morgan fingerprint density at radius 3 is 2.71 bits per heavy atom. The molecule has 0 fully saturated rings. The van der Waals surface area contributed by atoms with Crippen LogP contribution in [0.2, 0.25) is 0 Å². The lowest BCUT2D eigenvalue weighted by molar-refractivity contribution is 0.408. The molecule has 0 aliphatic rings. The van der Waals surface area contributed by atoms with Crippen LogP contribution in [0.5, 0.6) is 5.75 Å². The van der Waals surface area contributed by atoms with E-state index in [2.05, 4.69) is 45.0 Å². The lowest BCUT2D eigenvalue weighted by Gasteiger charge is -2.14. The lowest BCUT2D eigenvalue weighted by Crippen LogP contribution is -2.37. The predicted octanol–water partition coefficient (Wildman–Crippen LogP) is 3.29. The first-order valence-electron chi connectivity index (χ1n) is 7.61. The Morgan fingerprint density at radius 1 is 1.29 bits per heavy atom. The summed E-state index contributed by atoms with van der Waals surface area (Å²) in [6.07, 6.45) is 0.888. The second-order valence-corrected chi connectivity index (χ2v) is 6.34. The Balaban J connectivity index is 0.00000288. The second-order valence-electron chi connectivity index (χ2n) is 5.28. The SMILES string of the molecule is CN=C(NCCc1csc(C)n1)NCc1ccc(C)cc1OC.I. The van der Waals surface area contributed by atoms with Gasteiger partial charge in [-0.25, -0.2) is 4.98 Å². The van der Waals surface area contributed by atoms with Crippen molar-refractivity contribution >= 4 is 41.3 Å². The van der Waals surface area contributed by atoms with E-state index in [1.807, 2.05) is 13.0 Å². The number of rotatable bonds is 6. The topological polar surface area (TPSA) is 58.5 Å². The lowest BCUT2D eigenvalue weighted by atomic mass is 10.1. The third-order valence-corrected chi connectivity index (χ3v) is 4.27. The number of nitrogens with one attached hydrogen (secondary N) is 2. The Bertz CT molecular complexity index is 672. The summed E-state index contributed by atoms with van der Waals surface area (Å²) in [5, 5.41) is 9.83. The number of aromatic nitrogens is 1. The number of nitrogens with zero attached hydrogens (tertiary/aromatic N) is 2. The number of aliphatic imine (C=N–C) groups is 1. The molecule has 1 aromatic heterocycles. The number of benzene rings is 1. The molecule has 0 saturated carbocycles. The van der Waals surface area contributed by atoms with Gasteiger partial charge in [-0.3, -0.25) is 4.99 Å². The molecule has 0 bridgehead atoms. The Labute approximate surface area is 165 Å². The van der Waals surface area contributed by atoms with Gasteiger partial charge in [0.25, 0.3) is 0 Å². The van der Waals surface area contributed by atoms with E-state index in [9.17, 15) is 0 Å². The molecule has 0 saturated heterocycles. The summed E-state index contributed by atoms with van der Waals surface area (Å²) in [7, 11) is 3.47. The zero-order valence-electron chi connectivity index (χ0n) is 14.5. The number of methoxy groups -OCH3 is 1. The Hall–Kier alpha value is -1.35. The summed E-state index contributed by atoms with van der Waals surface area (Å²) < 4.78 is 5.43. The summed E-state index contributed by atoms with van der Waals surface area (Å²) in [4.78, 5) is 8.71. The summed E-state index contributed by atoms with van der Waals surface area (Å²) in [5.41, 5.74) is 3.42. The molecule has 2 N–H and O–H groups in total. The number of hydrogen-bond acceptors (Lipinski definition) is 4. The van der Waals surface area contributed by atoms with Gasteiger partial charge in [0.2, 0.25) is 0 Å². The molecule has 0 unspecified atom stereocenters. The largest absolute Gasteiger partial charge is 0.496 e. The summed E-state index contributed by atoms with van der Waals surface area (Å²) in [6, 6.07) is 6.20. The Morgan fingerprint density at radius 2 is 2.08 bits per heavy atom. The first kappa shape index (κ1) is 20.7.